The van der Waals surface area contributed by atoms with Crippen molar-refractivity contribution in [3.05, 3.63) is 63.0 Å². The van der Waals surface area contributed by atoms with E-state index in [2.05, 4.69) is 15.9 Å². The number of fused-ring (bicyclic) bond motifs is 1. The molecule has 0 aliphatic carbocycles. The van der Waals surface area contributed by atoms with Crippen LogP contribution in [0.1, 0.15) is 25.8 Å². The fourth-order valence-corrected chi connectivity index (χ4v) is 3.39. The van der Waals surface area contributed by atoms with E-state index in [0.29, 0.717) is 19.6 Å². The summed E-state index contributed by atoms with van der Waals surface area (Å²) in [6, 6.07) is 11.0. The minimum atomic E-state index is -0.463. The zero-order chi connectivity index (χ0) is 18.0. The SMILES string of the molecule is CC1(C)CN(C(=O)CCn2cc(Br)ccc2=O)Cc2ccccc2O1. The quantitative estimate of drug-likeness (QED) is 0.788. The molecule has 1 aromatic heterocycles. The van der Waals surface area contributed by atoms with Crippen molar-refractivity contribution in [1.29, 1.82) is 0 Å². The van der Waals surface area contributed by atoms with Gasteiger partial charge in [-0.05, 0) is 41.9 Å². The Balaban J connectivity index is 1.75. The predicted molar refractivity (Wildman–Crippen MR) is 99.6 cm³/mol. The minimum Gasteiger partial charge on any atom is -0.486 e. The highest BCUT2D eigenvalue weighted by Crippen LogP contribution is 2.29. The first-order valence-electron chi connectivity index (χ1n) is 8.25. The van der Waals surface area contributed by atoms with Gasteiger partial charge < -0.3 is 14.2 Å². The first-order chi connectivity index (χ1) is 11.8. The van der Waals surface area contributed by atoms with E-state index in [1.54, 1.807) is 16.8 Å². The number of para-hydroxylation sites is 1. The molecule has 1 amide bonds. The molecule has 2 heterocycles. The number of aryl methyl sites for hydroxylation is 1. The highest BCUT2D eigenvalue weighted by Gasteiger charge is 2.31. The van der Waals surface area contributed by atoms with Crippen molar-refractivity contribution < 1.29 is 9.53 Å². The molecular weight excluding hydrogens is 384 g/mol. The number of hydrogen-bond acceptors (Lipinski definition) is 3. The Bertz CT molecular complexity index is 845. The topological polar surface area (TPSA) is 51.5 Å². The van der Waals surface area contributed by atoms with Gasteiger partial charge in [-0.3, -0.25) is 9.59 Å². The number of carbonyl (C=O) groups is 1. The largest absolute Gasteiger partial charge is 0.486 e. The second-order valence-electron chi connectivity index (χ2n) is 6.85. The smallest absolute Gasteiger partial charge is 0.250 e. The molecule has 0 bridgehead atoms. The molecule has 0 saturated heterocycles. The molecule has 0 N–H and O–H groups in total. The normalized spacial score (nSPS) is 15.9. The molecule has 0 saturated carbocycles. The lowest BCUT2D eigenvalue weighted by atomic mass is 10.1. The fourth-order valence-electron chi connectivity index (χ4n) is 3.01. The molecule has 5 nitrogen and oxygen atoms in total. The number of pyridine rings is 1. The summed E-state index contributed by atoms with van der Waals surface area (Å²) in [6.07, 6.45) is 1.98. The molecule has 0 radical (unpaired) electrons. The molecule has 0 atom stereocenters. The molecular formula is C19H21BrN2O3. The molecule has 25 heavy (non-hydrogen) atoms. The Hall–Kier alpha value is -2.08. The molecule has 0 unspecified atom stereocenters. The monoisotopic (exact) mass is 404 g/mol. The maximum atomic E-state index is 12.8. The summed E-state index contributed by atoms with van der Waals surface area (Å²) in [5.74, 6) is 0.839. The Morgan fingerprint density at radius 1 is 1.24 bits per heavy atom. The summed E-state index contributed by atoms with van der Waals surface area (Å²) in [7, 11) is 0. The van der Waals surface area contributed by atoms with E-state index >= 15 is 0 Å². The molecule has 6 heteroatoms. The van der Waals surface area contributed by atoms with Crippen molar-refractivity contribution in [2.45, 2.75) is 39.0 Å². The van der Waals surface area contributed by atoms with Gasteiger partial charge in [-0.15, -0.1) is 0 Å². The van der Waals surface area contributed by atoms with Gasteiger partial charge in [0.2, 0.25) is 5.91 Å². The van der Waals surface area contributed by atoms with E-state index in [-0.39, 0.29) is 17.9 Å². The van der Waals surface area contributed by atoms with Crippen LogP contribution in [0.3, 0.4) is 0 Å². The molecule has 1 aromatic carbocycles. The number of hydrogen-bond donors (Lipinski definition) is 0. The molecule has 2 aromatic rings. The van der Waals surface area contributed by atoms with Gasteiger partial charge in [0.1, 0.15) is 11.4 Å². The maximum Gasteiger partial charge on any atom is 0.250 e. The van der Waals surface area contributed by atoms with Gasteiger partial charge in [-0.25, -0.2) is 0 Å². The molecule has 0 spiro atoms. The van der Waals surface area contributed by atoms with Crippen LogP contribution in [0, 0.1) is 0 Å². The third-order valence-corrected chi connectivity index (χ3v) is 4.63. The van der Waals surface area contributed by atoms with Crippen LogP contribution in [-0.2, 0) is 17.9 Å². The lowest BCUT2D eigenvalue weighted by Gasteiger charge is -2.29. The second kappa shape index (κ2) is 7.04. The molecule has 1 aliphatic heterocycles. The minimum absolute atomic E-state index is 0.0141. The van der Waals surface area contributed by atoms with Gasteiger partial charge in [0, 0.05) is 41.8 Å². The van der Waals surface area contributed by atoms with Gasteiger partial charge in [0.05, 0.1) is 6.54 Å². The first kappa shape index (κ1) is 17.7. The van der Waals surface area contributed by atoms with Crippen LogP contribution in [0.15, 0.2) is 51.9 Å². The highest BCUT2D eigenvalue weighted by atomic mass is 79.9. The van der Waals surface area contributed by atoms with Gasteiger partial charge in [-0.1, -0.05) is 18.2 Å². The summed E-state index contributed by atoms with van der Waals surface area (Å²) in [4.78, 5) is 26.5. The van der Waals surface area contributed by atoms with Crippen LogP contribution < -0.4 is 10.3 Å². The van der Waals surface area contributed by atoms with E-state index in [1.165, 1.54) is 6.07 Å². The van der Waals surface area contributed by atoms with Gasteiger partial charge >= 0.3 is 0 Å². The van der Waals surface area contributed by atoms with Crippen molar-refractivity contribution in [2.75, 3.05) is 6.54 Å². The maximum absolute atomic E-state index is 12.8. The molecule has 1 aliphatic rings. The zero-order valence-corrected chi connectivity index (χ0v) is 16.0. The summed E-state index contributed by atoms with van der Waals surface area (Å²) in [6.45, 7) is 5.35. The second-order valence-corrected chi connectivity index (χ2v) is 7.76. The third-order valence-electron chi connectivity index (χ3n) is 4.16. The average molecular weight is 405 g/mol. The fraction of sp³-hybridized carbons (Fsp3) is 0.368. The van der Waals surface area contributed by atoms with E-state index in [0.717, 1.165) is 15.8 Å². The number of benzene rings is 1. The van der Waals surface area contributed by atoms with E-state index in [1.807, 2.05) is 43.0 Å². The van der Waals surface area contributed by atoms with Crippen molar-refractivity contribution in [3.8, 4) is 5.75 Å². The Kier molecular flexibility index (Phi) is 4.99. The molecule has 132 valence electrons. The number of ether oxygens (including phenoxy) is 1. The lowest BCUT2D eigenvalue weighted by Crippen LogP contribution is -2.43. The van der Waals surface area contributed by atoms with Crippen LogP contribution in [0.2, 0.25) is 0 Å². The van der Waals surface area contributed by atoms with Crippen molar-refractivity contribution in [2.24, 2.45) is 0 Å². The number of amides is 1. The van der Waals surface area contributed by atoms with Gasteiger partial charge in [-0.2, -0.15) is 0 Å². The van der Waals surface area contributed by atoms with Crippen LogP contribution >= 0.6 is 15.9 Å². The van der Waals surface area contributed by atoms with Gasteiger partial charge in [0.25, 0.3) is 5.56 Å². The summed E-state index contributed by atoms with van der Waals surface area (Å²) in [5.41, 5.74) is 0.427. The third kappa shape index (κ3) is 4.31. The Morgan fingerprint density at radius 2 is 2.00 bits per heavy atom. The van der Waals surface area contributed by atoms with Crippen molar-refractivity contribution >= 4 is 21.8 Å². The number of carbonyl (C=O) groups excluding carboxylic acids is 1. The molecule has 0 fully saturated rings. The van der Waals surface area contributed by atoms with Crippen molar-refractivity contribution in [1.82, 2.24) is 9.47 Å². The summed E-state index contributed by atoms with van der Waals surface area (Å²) < 4.78 is 8.44. The van der Waals surface area contributed by atoms with E-state index in [9.17, 15) is 9.59 Å². The first-order valence-corrected chi connectivity index (χ1v) is 9.04. The van der Waals surface area contributed by atoms with Gasteiger partial charge in [0.15, 0.2) is 0 Å². The zero-order valence-electron chi connectivity index (χ0n) is 14.4. The summed E-state index contributed by atoms with van der Waals surface area (Å²) >= 11 is 3.35. The van der Waals surface area contributed by atoms with Crippen LogP contribution in [-0.4, -0.2) is 27.5 Å². The predicted octanol–water partition coefficient (Wildman–Crippen LogP) is 3.20. The standard InChI is InChI=1S/C19H21BrN2O3/c1-19(2)13-22(11-14-5-3-4-6-16(14)25-19)18(24)9-10-21-12-15(20)7-8-17(21)23/h3-8,12H,9-11,13H2,1-2H3. The number of rotatable bonds is 3. The summed E-state index contributed by atoms with van der Waals surface area (Å²) in [5, 5.41) is 0. The number of nitrogens with zero attached hydrogens (tertiary/aromatic N) is 2. The van der Waals surface area contributed by atoms with Crippen LogP contribution in [0.25, 0.3) is 0 Å². The number of aromatic nitrogens is 1. The van der Waals surface area contributed by atoms with Crippen molar-refractivity contribution in [3.63, 3.8) is 0 Å². The lowest BCUT2D eigenvalue weighted by molar-refractivity contribution is -0.134. The highest BCUT2D eigenvalue weighted by molar-refractivity contribution is 9.10. The van der Waals surface area contributed by atoms with E-state index in [4.69, 9.17) is 4.74 Å². The van der Waals surface area contributed by atoms with Crippen LogP contribution in [0.5, 0.6) is 5.75 Å². The van der Waals surface area contributed by atoms with E-state index < -0.39 is 5.60 Å². The molecule has 3 rings (SSSR count). The average Bonchev–Trinajstić information content (AvgIpc) is 2.69. The Morgan fingerprint density at radius 3 is 2.80 bits per heavy atom. The number of halogens is 1. The van der Waals surface area contributed by atoms with Crippen LogP contribution in [0.4, 0.5) is 0 Å². The Labute approximate surface area is 155 Å².